The summed E-state index contributed by atoms with van der Waals surface area (Å²) in [6, 6.07) is 21.8. The number of ether oxygens (including phenoxy) is 3. The monoisotopic (exact) mass is 398 g/mol. The maximum atomic E-state index is 6.02. The Morgan fingerprint density at radius 3 is 2.21 bits per heavy atom. The van der Waals surface area contributed by atoms with E-state index >= 15 is 0 Å². The van der Waals surface area contributed by atoms with E-state index < -0.39 is 0 Å². The molecule has 0 aliphatic carbocycles. The third-order valence-electron chi connectivity index (χ3n) is 4.43. The molecule has 146 valence electrons. The number of hydrogen-bond donors (Lipinski definition) is 1. The fourth-order valence-electron chi connectivity index (χ4n) is 2.91. The Bertz CT molecular complexity index is 897. The molecule has 0 radical (unpaired) electrons. The first-order chi connectivity index (χ1) is 13.7. The number of halogens is 1. The third kappa shape index (κ3) is 5.65. The van der Waals surface area contributed by atoms with Gasteiger partial charge in [0.15, 0.2) is 11.5 Å². The minimum absolute atomic E-state index is 0.444. The van der Waals surface area contributed by atoms with Crippen molar-refractivity contribution in [3.05, 3.63) is 88.4 Å². The van der Waals surface area contributed by atoms with E-state index in [1.165, 1.54) is 11.1 Å². The van der Waals surface area contributed by atoms with Gasteiger partial charge >= 0.3 is 0 Å². The van der Waals surface area contributed by atoms with Crippen LogP contribution in [0.25, 0.3) is 0 Å². The molecule has 3 rings (SSSR count). The fraction of sp³-hybridized carbons (Fsp3) is 0.217. The number of nitrogens with two attached hydrogens (primary N) is 1. The standard InChI is InChI=1S/C23H24ClNO3/c1-26-21-9-6-17(7-10-21)14-25-15-18-8-11-22(23(13-18)27-2)28-16-19-4-3-5-20(24)12-19/h3-13,25H,14-16H2,1-2H3/p+1. The van der Waals surface area contributed by atoms with Crippen molar-refractivity contribution >= 4 is 11.6 Å². The van der Waals surface area contributed by atoms with Gasteiger partial charge in [-0.3, -0.25) is 0 Å². The van der Waals surface area contributed by atoms with Crippen molar-refractivity contribution in [2.75, 3.05) is 14.2 Å². The fourth-order valence-corrected chi connectivity index (χ4v) is 3.13. The predicted octanol–water partition coefficient (Wildman–Crippen LogP) is 4.20. The summed E-state index contributed by atoms with van der Waals surface area (Å²) in [5.74, 6) is 2.33. The van der Waals surface area contributed by atoms with E-state index in [0.717, 1.165) is 35.9 Å². The molecule has 0 fully saturated rings. The van der Waals surface area contributed by atoms with Gasteiger partial charge in [-0.25, -0.2) is 0 Å². The maximum absolute atomic E-state index is 6.02. The van der Waals surface area contributed by atoms with Crippen molar-refractivity contribution in [3.63, 3.8) is 0 Å². The van der Waals surface area contributed by atoms with Gasteiger partial charge < -0.3 is 19.5 Å². The molecule has 0 aliphatic heterocycles. The smallest absolute Gasteiger partial charge is 0.161 e. The van der Waals surface area contributed by atoms with Crippen molar-refractivity contribution in [3.8, 4) is 17.2 Å². The molecule has 28 heavy (non-hydrogen) atoms. The lowest BCUT2D eigenvalue weighted by Crippen LogP contribution is -2.80. The quantitative estimate of drug-likeness (QED) is 0.587. The van der Waals surface area contributed by atoms with E-state index in [4.69, 9.17) is 25.8 Å². The number of rotatable bonds is 9. The topological polar surface area (TPSA) is 44.3 Å². The lowest BCUT2D eigenvalue weighted by atomic mass is 10.1. The first kappa shape index (κ1) is 20.1. The van der Waals surface area contributed by atoms with Crippen LogP contribution in [0, 0.1) is 0 Å². The zero-order valence-electron chi connectivity index (χ0n) is 16.2. The molecule has 0 spiro atoms. The molecule has 3 aromatic carbocycles. The van der Waals surface area contributed by atoms with E-state index in [9.17, 15) is 0 Å². The van der Waals surface area contributed by atoms with Crippen LogP contribution in [0.1, 0.15) is 16.7 Å². The highest BCUT2D eigenvalue weighted by molar-refractivity contribution is 6.30. The lowest BCUT2D eigenvalue weighted by molar-refractivity contribution is -0.686. The molecule has 0 bridgehead atoms. The van der Waals surface area contributed by atoms with E-state index in [1.54, 1.807) is 14.2 Å². The van der Waals surface area contributed by atoms with Gasteiger partial charge in [-0.15, -0.1) is 0 Å². The molecule has 0 unspecified atom stereocenters. The highest BCUT2D eigenvalue weighted by Crippen LogP contribution is 2.28. The van der Waals surface area contributed by atoms with Gasteiger partial charge in [0, 0.05) is 16.1 Å². The van der Waals surface area contributed by atoms with Crippen molar-refractivity contribution < 1.29 is 19.5 Å². The molecule has 4 nitrogen and oxygen atoms in total. The minimum atomic E-state index is 0.444. The van der Waals surface area contributed by atoms with Crippen LogP contribution in [-0.2, 0) is 19.7 Å². The molecule has 0 amide bonds. The SMILES string of the molecule is COc1ccc(C[NH2+]Cc2ccc(OCc3cccc(Cl)c3)c(OC)c2)cc1. The molecule has 0 saturated heterocycles. The average molecular weight is 399 g/mol. The summed E-state index contributed by atoms with van der Waals surface area (Å²) in [7, 11) is 3.34. The molecular formula is C23H25ClNO3+. The van der Waals surface area contributed by atoms with Gasteiger partial charge in [-0.2, -0.15) is 0 Å². The van der Waals surface area contributed by atoms with Crippen LogP contribution in [0.3, 0.4) is 0 Å². The first-order valence-electron chi connectivity index (χ1n) is 9.16. The van der Waals surface area contributed by atoms with Gasteiger partial charge in [-0.05, 0) is 60.2 Å². The summed E-state index contributed by atoms with van der Waals surface area (Å²) in [6.45, 7) is 2.20. The van der Waals surface area contributed by atoms with Crippen LogP contribution in [0.15, 0.2) is 66.7 Å². The molecule has 3 aromatic rings. The number of methoxy groups -OCH3 is 2. The zero-order valence-corrected chi connectivity index (χ0v) is 16.9. The Morgan fingerprint density at radius 1 is 0.750 bits per heavy atom. The van der Waals surface area contributed by atoms with Crippen LogP contribution in [-0.4, -0.2) is 14.2 Å². The molecular weight excluding hydrogens is 374 g/mol. The van der Waals surface area contributed by atoms with Crippen molar-refractivity contribution in [2.45, 2.75) is 19.7 Å². The molecule has 0 aromatic heterocycles. The second-order valence-electron chi connectivity index (χ2n) is 6.45. The summed E-state index contributed by atoms with van der Waals surface area (Å²) in [4.78, 5) is 0. The van der Waals surface area contributed by atoms with Crippen LogP contribution < -0.4 is 19.5 Å². The van der Waals surface area contributed by atoms with Crippen LogP contribution in [0.2, 0.25) is 5.02 Å². The van der Waals surface area contributed by atoms with Gasteiger partial charge in [0.25, 0.3) is 0 Å². The lowest BCUT2D eigenvalue weighted by Gasteiger charge is -2.12. The highest BCUT2D eigenvalue weighted by atomic mass is 35.5. The number of quaternary nitrogens is 1. The Balaban J connectivity index is 1.55. The van der Waals surface area contributed by atoms with Gasteiger partial charge in [-0.1, -0.05) is 23.7 Å². The number of benzene rings is 3. The van der Waals surface area contributed by atoms with Crippen molar-refractivity contribution in [1.82, 2.24) is 0 Å². The normalized spacial score (nSPS) is 10.5. The van der Waals surface area contributed by atoms with Crippen molar-refractivity contribution in [1.29, 1.82) is 0 Å². The average Bonchev–Trinajstić information content (AvgIpc) is 2.73. The Hall–Kier alpha value is -2.69. The zero-order chi connectivity index (χ0) is 19.8. The van der Waals surface area contributed by atoms with Crippen LogP contribution >= 0.6 is 11.6 Å². The first-order valence-corrected chi connectivity index (χ1v) is 9.54. The predicted molar refractivity (Wildman–Crippen MR) is 111 cm³/mol. The van der Waals surface area contributed by atoms with Crippen molar-refractivity contribution in [2.24, 2.45) is 0 Å². The molecule has 0 atom stereocenters. The molecule has 2 N–H and O–H groups in total. The van der Waals surface area contributed by atoms with E-state index in [2.05, 4.69) is 23.5 Å². The van der Waals surface area contributed by atoms with Crippen LogP contribution in [0.5, 0.6) is 17.2 Å². The van der Waals surface area contributed by atoms with E-state index in [-0.39, 0.29) is 0 Å². The van der Waals surface area contributed by atoms with Gasteiger partial charge in [0.2, 0.25) is 0 Å². The summed E-state index contributed by atoms with van der Waals surface area (Å²) in [6.07, 6.45) is 0. The number of hydrogen-bond acceptors (Lipinski definition) is 3. The Kier molecular flexibility index (Phi) is 7.18. The minimum Gasteiger partial charge on any atom is -0.497 e. The Labute approximate surface area is 171 Å². The molecule has 0 saturated carbocycles. The Morgan fingerprint density at radius 2 is 1.50 bits per heavy atom. The summed E-state index contributed by atoms with van der Waals surface area (Å²) >= 11 is 6.02. The molecule has 5 heteroatoms. The van der Waals surface area contributed by atoms with Crippen LogP contribution in [0.4, 0.5) is 0 Å². The second kappa shape index (κ2) is 10.0. The third-order valence-corrected chi connectivity index (χ3v) is 4.67. The van der Waals surface area contributed by atoms with E-state index in [1.807, 2.05) is 48.5 Å². The summed E-state index contributed by atoms with van der Waals surface area (Å²) < 4.78 is 16.6. The molecule has 0 aliphatic rings. The van der Waals surface area contributed by atoms with Gasteiger partial charge in [0.05, 0.1) is 14.2 Å². The summed E-state index contributed by atoms with van der Waals surface area (Å²) in [5, 5.41) is 2.96. The largest absolute Gasteiger partial charge is 0.497 e. The maximum Gasteiger partial charge on any atom is 0.161 e. The second-order valence-corrected chi connectivity index (χ2v) is 6.89. The van der Waals surface area contributed by atoms with E-state index in [0.29, 0.717) is 11.6 Å². The van der Waals surface area contributed by atoms with Gasteiger partial charge in [0.1, 0.15) is 25.4 Å². The highest BCUT2D eigenvalue weighted by Gasteiger charge is 2.08. The molecule has 0 heterocycles. The summed E-state index contributed by atoms with van der Waals surface area (Å²) in [5.41, 5.74) is 3.46.